The summed E-state index contributed by atoms with van der Waals surface area (Å²) in [6.45, 7) is 3.22. The van der Waals surface area contributed by atoms with E-state index in [0.717, 1.165) is 0 Å². The molecule has 0 heterocycles. The van der Waals surface area contributed by atoms with Crippen molar-refractivity contribution in [3.63, 3.8) is 0 Å². The number of benzene rings is 1. The first-order valence-electron chi connectivity index (χ1n) is 6.32. The predicted octanol–water partition coefficient (Wildman–Crippen LogP) is 2.94. The van der Waals surface area contributed by atoms with Gasteiger partial charge in [0.05, 0.1) is 10.9 Å². The number of hydrogen-bond acceptors (Lipinski definition) is 3. The minimum absolute atomic E-state index is 0.107. The summed E-state index contributed by atoms with van der Waals surface area (Å²) in [4.78, 5) is 24.2. The van der Waals surface area contributed by atoms with Gasteiger partial charge in [-0.25, -0.2) is 0 Å². The Kier molecular flexibility index (Phi) is 6.30. The van der Waals surface area contributed by atoms with E-state index in [-0.39, 0.29) is 12.5 Å². The molecule has 0 aliphatic carbocycles. The number of aliphatic carboxylic acids is 1. The lowest BCUT2D eigenvalue weighted by Gasteiger charge is -2.23. The number of carboxylic acids is 1. The molecule has 1 aromatic rings. The summed E-state index contributed by atoms with van der Waals surface area (Å²) in [5.74, 6) is -1.58. The number of rotatable bonds is 6. The van der Waals surface area contributed by atoms with Crippen LogP contribution in [-0.2, 0) is 9.59 Å². The van der Waals surface area contributed by atoms with E-state index in [9.17, 15) is 9.59 Å². The van der Waals surface area contributed by atoms with Crippen molar-refractivity contribution in [1.82, 2.24) is 4.90 Å². The largest absolute Gasteiger partial charge is 0.481 e. The fourth-order valence-electron chi connectivity index (χ4n) is 1.70. The molecule has 0 spiro atoms. The molecule has 116 valence electrons. The van der Waals surface area contributed by atoms with Crippen molar-refractivity contribution in [3.8, 4) is 5.75 Å². The zero-order valence-electron chi connectivity index (χ0n) is 12.0. The number of carbonyl (C=O) groups is 2. The molecular weight excluding hydrogens is 317 g/mol. The van der Waals surface area contributed by atoms with Gasteiger partial charge in [0, 0.05) is 18.6 Å². The number of likely N-dealkylation sites (N-methyl/N-ethyl adjacent to an activating group) is 1. The normalized spacial score (nSPS) is 13.4. The first-order chi connectivity index (χ1) is 9.72. The highest BCUT2D eigenvalue weighted by molar-refractivity contribution is 6.35. The number of carbonyl (C=O) groups excluding carboxylic acids is 1. The first kappa shape index (κ1) is 17.6. The minimum Gasteiger partial charge on any atom is -0.481 e. The average molecular weight is 334 g/mol. The van der Waals surface area contributed by atoms with Gasteiger partial charge >= 0.3 is 5.97 Å². The van der Waals surface area contributed by atoms with E-state index in [1.54, 1.807) is 19.1 Å². The quantitative estimate of drug-likeness (QED) is 0.869. The summed E-state index contributed by atoms with van der Waals surface area (Å²) < 4.78 is 5.50. The minimum atomic E-state index is -0.955. The molecule has 0 aliphatic heterocycles. The van der Waals surface area contributed by atoms with Gasteiger partial charge in [0.2, 0.25) is 0 Å². The van der Waals surface area contributed by atoms with Crippen LogP contribution in [-0.4, -0.2) is 41.6 Å². The van der Waals surface area contributed by atoms with E-state index in [1.807, 2.05) is 0 Å². The second-order valence-corrected chi connectivity index (χ2v) is 5.64. The van der Waals surface area contributed by atoms with Gasteiger partial charge in [0.15, 0.2) is 6.10 Å². The monoisotopic (exact) mass is 333 g/mol. The number of hydrogen-bond donors (Lipinski definition) is 1. The van der Waals surface area contributed by atoms with Crippen LogP contribution < -0.4 is 4.74 Å². The molecule has 2 unspecified atom stereocenters. The smallest absolute Gasteiger partial charge is 0.308 e. The Morgan fingerprint density at radius 3 is 2.48 bits per heavy atom. The number of carboxylic acid groups (broad SMARTS) is 1. The summed E-state index contributed by atoms with van der Waals surface area (Å²) in [6, 6.07) is 4.70. The maximum absolute atomic E-state index is 12.1. The first-order valence-corrected chi connectivity index (χ1v) is 7.07. The topological polar surface area (TPSA) is 66.8 Å². The lowest BCUT2D eigenvalue weighted by Crippen LogP contribution is -2.41. The van der Waals surface area contributed by atoms with E-state index < -0.39 is 18.0 Å². The summed E-state index contributed by atoms with van der Waals surface area (Å²) >= 11 is 11.8. The molecule has 0 aliphatic rings. The fourth-order valence-corrected chi connectivity index (χ4v) is 2.15. The highest BCUT2D eigenvalue weighted by atomic mass is 35.5. The number of amides is 1. The molecule has 1 rings (SSSR count). The predicted molar refractivity (Wildman–Crippen MR) is 81.0 cm³/mol. The Morgan fingerprint density at radius 1 is 1.33 bits per heavy atom. The third-order valence-corrected chi connectivity index (χ3v) is 3.42. The van der Waals surface area contributed by atoms with Crippen molar-refractivity contribution >= 4 is 35.1 Å². The molecule has 0 fully saturated rings. The van der Waals surface area contributed by atoms with Crippen molar-refractivity contribution in [2.45, 2.75) is 20.0 Å². The van der Waals surface area contributed by atoms with E-state index in [2.05, 4.69) is 0 Å². The highest BCUT2D eigenvalue weighted by Gasteiger charge is 2.23. The van der Waals surface area contributed by atoms with Gasteiger partial charge in [-0.05, 0) is 25.1 Å². The zero-order chi connectivity index (χ0) is 16.2. The second-order valence-electron chi connectivity index (χ2n) is 4.79. The van der Waals surface area contributed by atoms with Crippen LogP contribution >= 0.6 is 23.2 Å². The van der Waals surface area contributed by atoms with Gasteiger partial charge in [-0.1, -0.05) is 30.1 Å². The average Bonchev–Trinajstić information content (AvgIpc) is 2.40. The van der Waals surface area contributed by atoms with Crippen LogP contribution in [0.3, 0.4) is 0 Å². The third-order valence-electron chi connectivity index (χ3n) is 2.89. The van der Waals surface area contributed by atoms with Crippen molar-refractivity contribution in [1.29, 1.82) is 0 Å². The molecule has 0 radical (unpaired) electrons. The molecule has 1 amide bonds. The Balaban J connectivity index is 2.67. The summed E-state index contributed by atoms with van der Waals surface area (Å²) in [7, 11) is 1.53. The maximum atomic E-state index is 12.1. The molecule has 0 bridgehead atoms. The SMILES string of the molecule is CC(CN(C)C(=O)C(C)Oc1ccc(Cl)cc1Cl)C(=O)O. The van der Waals surface area contributed by atoms with Gasteiger partial charge in [-0.3, -0.25) is 9.59 Å². The van der Waals surface area contributed by atoms with Gasteiger partial charge in [0.1, 0.15) is 5.75 Å². The molecule has 1 aromatic carbocycles. The number of nitrogens with zero attached hydrogens (tertiary/aromatic N) is 1. The zero-order valence-corrected chi connectivity index (χ0v) is 13.5. The fraction of sp³-hybridized carbons (Fsp3) is 0.429. The van der Waals surface area contributed by atoms with E-state index in [4.69, 9.17) is 33.0 Å². The summed E-state index contributed by atoms with van der Waals surface area (Å²) in [5.41, 5.74) is 0. The third kappa shape index (κ3) is 5.10. The maximum Gasteiger partial charge on any atom is 0.308 e. The van der Waals surface area contributed by atoms with Crippen molar-refractivity contribution in [2.24, 2.45) is 5.92 Å². The van der Waals surface area contributed by atoms with Crippen LogP contribution in [0.15, 0.2) is 18.2 Å². The Labute approximate surface area is 133 Å². The second kappa shape index (κ2) is 7.52. The van der Waals surface area contributed by atoms with Gasteiger partial charge < -0.3 is 14.7 Å². The highest BCUT2D eigenvalue weighted by Crippen LogP contribution is 2.28. The molecular formula is C14H17Cl2NO4. The van der Waals surface area contributed by atoms with Gasteiger partial charge in [-0.2, -0.15) is 0 Å². The molecule has 2 atom stereocenters. The molecule has 1 N–H and O–H groups in total. The Hall–Kier alpha value is -1.46. The molecule has 0 aromatic heterocycles. The van der Waals surface area contributed by atoms with E-state index in [0.29, 0.717) is 15.8 Å². The van der Waals surface area contributed by atoms with Gasteiger partial charge in [-0.15, -0.1) is 0 Å². The van der Waals surface area contributed by atoms with E-state index >= 15 is 0 Å². The van der Waals surface area contributed by atoms with Crippen LogP contribution in [0, 0.1) is 5.92 Å². The lowest BCUT2D eigenvalue weighted by molar-refractivity contribution is -0.144. The van der Waals surface area contributed by atoms with E-state index in [1.165, 1.54) is 24.9 Å². The van der Waals surface area contributed by atoms with Crippen molar-refractivity contribution < 1.29 is 19.4 Å². The Bertz CT molecular complexity index is 536. The van der Waals surface area contributed by atoms with Crippen molar-refractivity contribution in [3.05, 3.63) is 28.2 Å². The standard InChI is InChI=1S/C14H17Cl2NO4/c1-8(14(19)20)7-17(3)13(18)9(2)21-12-5-4-10(15)6-11(12)16/h4-6,8-9H,7H2,1-3H3,(H,19,20). The lowest BCUT2D eigenvalue weighted by atomic mass is 10.1. The molecule has 0 saturated carbocycles. The van der Waals surface area contributed by atoms with Crippen LogP contribution in [0.5, 0.6) is 5.75 Å². The molecule has 5 nitrogen and oxygen atoms in total. The molecule has 0 saturated heterocycles. The molecule has 7 heteroatoms. The summed E-state index contributed by atoms with van der Waals surface area (Å²) in [5, 5.41) is 9.63. The van der Waals surface area contributed by atoms with Crippen LogP contribution in [0.2, 0.25) is 10.0 Å². The van der Waals surface area contributed by atoms with Gasteiger partial charge in [0.25, 0.3) is 5.91 Å². The number of ether oxygens (including phenoxy) is 1. The van der Waals surface area contributed by atoms with Crippen LogP contribution in [0.4, 0.5) is 0 Å². The Morgan fingerprint density at radius 2 is 1.95 bits per heavy atom. The molecule has 21 heavy (non-hydrogen) atoms. The van der Waals surface area contributed by atoms with Crippen molar-refractivity contribution in [2.75, 3.05) is 13.6 Å². The van der Waals surface area contributed by atoms with Crippen LogP contribution in [0.1, 0.15) is 13.8 Å². The number of halogens is 2. The van der Waals surface area contributed by atoms with Crippen LogP contribution in [0.25, 0.3) is 0 Å². The summed E-state index contributed by atoms with van der Waals surface area (Å²) in [6.07, 6.45) is -0.783.